The molecular weight excluding hydrogens is 426 g/mol. The highest BCUT2D eigenvalue weighted by atomic mass is 16.5. The molecule has 1 unspecified atom stereocenters. The van der Waals surface area contributed by atoms with Gasteiger partial charge in [-0.2, -0.15) is 0 Å². The number of nitrogens with zero attached hydrogens (tertiary/aromatic N) is 5. The van der Waals surface area contributed by atoms with Crippen LogP contribution in [0.25, 0.3) is 0 Å². The maximum absolute atomic E-state index is 13.5. The molecule has 1 aromatic heterocycles. The second-order valence-corrected chi connectivity index (χ2v) is 9.91. The molecule has 2 aliphatic carbocycles. The van der Waals surface area contributed by atoms with Crippen molar-refractivity contribution >= 4 is 11.8 Å². The number of fused-ring (bicyclic) bond motifs is 1. The maximum atomic E-state index is 13.5. The Morgan fingerprint density at radius 1 is 1.24 bits per heavy atom. The van der Waals surface area contributed by atoms with Crippen LogP contribution in [0.5, 0.6) is 0 Å². The predicted octanol–water partition coefficient (Wildman–Crippen LogP) is 1.13. The van der Waals surface area contributed by atoms with Crippen molar-refractivity contribution in [2.75, 3.05) is 47.1 Å². The molecule has 1 aromatic rings. The normalized spacial score (nSPS) is 35.5. The molecule has 10 heteroatoms. The van der Waals surface area contributed by atoms with E-state index in [1.807, 2.05) is 11.8 Å². The van der Waals surface area contributed by atoms with E-state index in [0.29, 0.717) is 44.5 Å². The van der Waals surface area contributed by atoms with Crippen LogP contribution >= 0.6 is 0 Å². The summed E-state index contributed by atoms with van der Waals surface area (Å²) < 4.78 is 18.6. The van der Waals surface area contributed by atoms with Crippen LogP contribution in [0.3, 0.4) is 0 Å². The molecule has 3 heterocycles. The van der Waals surface area contributed by atoms with Crippen molar-refractivity contribution in [2.45, 2.75) is 63.3 Å². The van der Waals surface area contributed by atoms with E-state index in [1.54, 1.807) is 29.9 Å². The Bertz CT molecular complexity index is 892. The van der Waals surface area contributed by atoms with Gasteiger partial charge in [-0.1, -0.05) is 5.21 Å². The molecule has 33 heavy (non-hydrogen) atoms. The van der Waals surface area contributed by atoms with Gasteiger partial charge in [0.25, 0.3) is 5.91 Å². The molecule has 0 aromatic carbocycles. The summed E-state index contributed by atoms with van der Waals surface area (Å²) in [4.78, 5) is 30.3. The van der Waals surface area contributed by atoms with E-state index in [2.05, 4.69) is 10.3 Å². The van der Waals surface area contributed by atoms with Gasteiger partial charge in [-0.15, -0.1) is 5.10 Å². The molecule has 2 amide bonds. The Labute approximate surface area is 194 Å². The van der Waals surface area contributed by atoms with E-state index in [4.69, 9.17) is 14.2 Å². The van der Waals surface area contributed by atoms with Crippen molar-refractivity contribution in [3.8, 4) is 0 Å². The number of amides is 2. The van der Waals surface area contributed by atoms with E-state index in [-0.39, 0.29) is 41.5 Å². The molecular formula is C23H35N5O5. The Balaban J connectivity index is 1.21. The van der Waals surface area contributed by atoms with Crippen molar-refractivity contribution in [2.24, 2.45) is 11.3 Å². The van der Waals surface area contributed by atoms with Crippen molar-refractivity contribution in [3.63, 3.8) is 0 Å². The zero-order valence-corrected chi connectivity index (χ0v) is 19.8. The van der Waals surface area contributed by atoms with E-state index in [9.17, 15) is 9.59 Å². The van der Waals surface area contributed by atoms with Crippen LogP contribution in [-0.4, -0.2) is 102 Å². The van der Waals surface area contributed by atoms with Crippen LogP contribution in [-0.2, 0) is 19.0 Å². The lowest BCUT2D eigenvalue weighted by molar-refractivity contribution is -0.153. The largest absolute Gasteiger partial charge is 0.381 e. The minimum Gasteiger partial charge on any atom is -0.381 e. The SMILES string of the molecule is CCO[C@@H]1COC[C@H]1n1cc(C(=O)N(C)C2CCN(C(=O)[C@@]34CC[C@@H](OC)[C@@H]3CC4)C2)nn1. The van der Waals surface area contributed by atoms with Gasteiger partial charge in [0, 0.05) is 33.9 Å². The average molecular weight is 462 g/mol. The highest BCUT2D eigenvalue weighted by Gasteiger charge is 2.60. The highest BCUT2D eigenvalue weighted by Crippen LogP contribution is 2.59. The molecule has 0 N–H and O–H groups in total. The van der Waals surface area contributed by atoms with E-state index in [0.717, 1.165) is 32.1 Å². The Morgan fingerprint density at radius 2 is 2.06 bits per heavy atom. The predicted molar refractivity (Wildman–Crippen MR) is 118 cm³/mol. The minimum absolute atomic E-state index is 0.0212. The topological polar surface area (TPSA) is 99.0 Å². The van der Waals surface area contributed by atoms with E-state index >= 15 is 0 Å². The lowest BCUT2D eigenvalue weighted by atomic mass is 9.60. The summed E-state index contributed by atoms with van der Waals surface area (Å²) >= 11 is 0. The zero-order valence-electron chi connectivity index (χ0n) is 19.8. The van der Waals surface area contributed by atoms with Crippen molar-refractivity contribution < 1.29 is 23.8 Å². The molecule has 6 atom stereocenters. The summed E-state index contributed by atoms with van der Waals surface area (Å²) in [6.45, 7) is 4.81. The number of aromatic nitrogens is 3. The summed E-state index contributed by atoms with van der Waals surface area (Å²) in [6, 6.07) is -0.104. The zero-order chi connectivity index (χ0) is 23.2. The Morgan fingerprint density at radius 3 is 2.79 bits per heavy atom. The lowest BCUT2D eigenvalue weighted by Crippen LogP contribution is -2.53. The monoisotopic (exact) mass is 461 g/mol. The molecule has 4 aliphatic rings. The summed E-state index contributed by atoms with van der Waals surface area (Å²) in [5.41, 5.74) is 0.0715. The number of hydrogen-bond acceptors (Lipinski definition) is 7. The molecule has 182 valence electrons. The fourth-order valence-electron chi connectivity index (χ4n) is 6.35. The maximum Gasteiger partial charge on any atom is 0.276 e. The van der Waals surface area contributed by atoms with Gasteiger partial charge in [-0.05, 0) is 44.9 Å². The first-order valence-corrected chi connectivity index (χ1v) is 12.2. The second-order valence-electron chi connectivity index (χ2n) is 9.91. The smallest absolute Gasteiger partial charge is 0.276 e. The van der Waals surface area contributed by atoms with Crippen molar-refractivity contribution in [3.05, 3.63) is 11.9 Å². The molecule has 0 bridgehead atoms. The first-order valence-electron chi connectivity index (χ1n) is 12.2. The van der Waals surface area contributed by atoms with Gasteiger partial charge >= 0.3 is 0 Å². The average Bonchev–Trinajstić information content (AvgIpc) is 3.59. The number of likely N-dealkylation sites (tertiary alicyclic amines) is 1. The standard InChI is InChI=1S/C23H35N5O5/c1-4-33-20-14-32-13-18(20)28-12-17(24-25-28)21(29)26(2)15-7-10-27(11-15)22(30)23-8-5-16(23)19(31-3)6-9-23/h12,15-16,18-20H,4-11,13-14H2,1-3H3/t15?,16-,18+,19+,20+,23-/m0/s1. The van der Waals surface area contributed by atoms with Crippen LogP contribution in [0.4, 0.5) is 0 Å². The van der Waals surface area contributed by atoms with Crippen LogP contribution in [0.1, 0.15) is 55.6 Å². The van der Waals surface area contributed by atoms with Gasteiger partial charge < -0.3 is 24.0 Å². The first-order chi connectivity index (χ1) is 16.0. The number of rotatable bonds is 7. The molecule has 2 aliphatic heterocycles. The van der Waals surface area contributed by atoms with Gasteiger partial charge in [0.1, 0.15) is 12.1 Å². The number of carbonyl (C=O) groups is 2. The molecule has 0 spiro atoms. The number of ether oxygens (including phenoxy) is 3. The quantitative estimate of drug-likeness (QED) is 0.600. The van der Waals surface area contributed by atoms with Crippen LogP contribution in [0.2, 0.25) is 0 Å². The third-order valence-corrected chi connectivity index (χ3v) is 8.43. The molecule has 5 rings (SSSR count). The van der Waals surface area contributed by atoms with Crippen molar-refractivity contribution in [1.29, 1.82) is 0 Å². The molecule has 0 radical (unpaired) electrons. The number of methoxy groups -OCH3 is 1. The van der Waals surface area contributed by atoms with Crippen LogP contribution < -0.4 is 0 Å². The van der Waals surface area contributed by atoms with Gasteiger partial charge in [0.05, 0.1) is 37.0 Å². The van der Waals surface area contributed by atoms with Gasteiger partial charge in [0.2, 0.25) is 5.91 Å². The number of hydrogen-bond donors (Lipinski definition) is 0. The molecule has 2 saturated carbocycles. The third kappa shape index (κ3) is 3.76. The van der Waals surface area contributed by atoms with E-state index < -0.39 is 0 Å². The first kappa shape index (κ1) is 22.7. The second kappa shape index (κ2) is 8.96. The molecule has 10 nitrogen and oxygen atoms in total. The van der Waals surface area contributed by atoms with Gasteiger partial charge in [-0.25, -0.2) is 4.68 Å². The molecule has 2 saturated heterocycles. The summed E-state index contributed by atoms with van der Waals surface area (Å²) in [7, 11) is 3.55. The van der Waals surface area contributed by atoms with Gasteiger partial charge in [-0.3, -0.25) is 9.59 Å². The Hall–Kier alpha value is -2.04. The fraction of sp³-hybridized carbons (Fsp3) is 0.826. The van der Waals surface area contributed by atoms with Gasteiger partial charge in [0.15, 0.2) is 5.69 Å². The minimum atomic E-state index is -0.235. The van der Waals surface area contributed by atoms with Crippen molar-refractivity contribution in [1.82, 2.24) is 24.8 Å². The Kier molecular flexibility index (Phi) is 6.17. The fourth-order valence-corrected chi connectivity index (χ4v) is 6.35. The van der Waals surface area contributed by atoms with Crippen LogP contribution in [0.15, 0.2) is 6.20 Å². The van der Waals surface area contributed by atoms with Crippen LogP contribution in [0, 0.1) is 11.3 Å². The number of carbonyl (C=O) groups excluding carboxylic acids is 2. The number of likely N-dealkylation sites (N-methyl/N-ethyl adjacent to an activating group) is 1. The summed E-state index contributed by atoms with van der Waals surface area (Å²) in [5, 5.41) is 8.31. The molecule has 4 fully saturated rings. The lowest BCUT2D eigenvalue weighted by Gasteiger charge is -2.46. The van der Waals surface area contributed by atoms with E-state index in [1.165, 1.54) is 0 Å². The summed E-state index contributed by atoms with van der Waals surface area (Å²) in [5.74, 6) is 0.437. The third-order valence-electron chi connectivity index (χ3n) is 8.43. The summed E-state index contributed by atoms with van der Waals surface area (Å²) in [6.07, 6.45) is 6.50. The highest BCUT2D eigenvalue weighted by molar-refractivity contribution is 5.92.